The Bertz CT molecular complexity index is 685. The minimum atomic E-state index is -1.29. The van der Waals surface area contributed by atoms with Gasteiger partial charge in [-0.2, -0.15) is 0 Å². The van der Waals surface area contributed by atoms with E-state index in [2.05, 4.69) is 0 Å². The fourth-order valence-electron chi connectivity index (χ4n) is 7.25. The van der Waals surface area contributed by atoms with Crippen molar-refractivity contribution in [1.29, 1.82) is 0 Å². The minimum Gasteiger partial charge on any atom is -0.550 e. The molecular weight excluding hydrogens is 372 g/mol. The lowest BCUT2D eigenvalue weighted by Crippen LogP contribution is -2.45. The zero-order valence-electron chi connectivity index (χ0n) is 17.0. The predicted octanol–water partition coefficient (Wildman–Crippen LogP) is 2.08. The average molecular weight is 403 g/mol. The van der Waals surface area contributed by atoms with Crippen LogP contribution in [0.5, 0.6) is 0 Å². The van der Waals surface area contributed by atoms with Gasteiger partial charge in [-0.05, 0) is 86.9 Å². The molecule has 160 valence electrons. The number of carboxylic acid groups (broad SMARTS) is 1. The van der Waals surface area contributed by atoms with Gasteiger partial charge in [0.05, 0.1) is 6.42 Å². The van der Waals surface area contributed by atoms with Crippen molar-refractivity contribution in [1.82, 2.24) is 0 Å². The molecule has 4 aliphatic rings. The van der Waals surface area contributed by atoms with Gasteiger partial charge < -0.3 is 14.6 Å². The first-order valence-corrected chi connectivity index (χ1v) is 11.3. The molecule has 0 amide bonds. The second-order valence-corrected chi connectivity index (χ2v) is 9.70. The summed E-state index contributed by atoms with van der Waals surface area (Å²) < 4.78 is 5.02. The van der Waals surface area contributed by atoms with Crippen LogP contribution >= 0.6 is 0 Å². The van der Waals surface area contributed by atoms with Crippen LogP contribution in [0.2, 0.25) is 0 Å². The lowest BCUT2D eigenvalue weighted by molar-refractivity contribution is -0.305. The van der Waals surface area contributed by atoms with Crippen molar-refractivity contribution in [3.8, 4) is 0 Å². The number of ketones is 2. The molecule has 0 radical (unpaired) electrons. The molecule has 6 heteroatoms. The first kappa shape index (κ1) is 20.5. The summed E-state index contributed by atoms with van der Waals surface area (Å²) in [6.07, 6.45) is 8.52. The van der Waals surface area contributed by atoms with Gasteiger partial charge in [0.25, 0.3) is 0 Å². The van der Waals surface area contributed by atoms with Gasteiger partial charge in [0.15, 0.2) is 5.78 Å². The Labute approximate surface area is 171 Å². The van der Waals surface area contributed by atoms with Gasteiger partial charge in [0, 0.05) is 24.7 Å². The molecule has 0 spiro atoms. The molecule has 0 aliphatic heterocycles. The molecular formula is C23H31O6-. The Morgan fingerprint density at radius 3 is 2.28 bits per heavy atom. The molecule has 4 aliphatic carbocycles. The van der Waals surface area contributed by atoms with Gasteiger partial charge in [-0.1, -0.05) is 0 Å². The van der Waals surface area contributed by atoms with E-state index in [1.165, 1.54) is 6.42 Å². The van der Waals surface area contributed by atoms with Gasteiger partial charge in [-0.25, -0.2) is 0 Å². The van der Waals surface area contributed by atoms with Crippen molar-refractivity contribution in [2.45, 2.75) is 70.6 Å². The third-order valence-electron chi connectivity index (χ3n) is 8.41. The van der Waals surface area contributed by atoms with Gasteiger partial charge in [0.2, 0.25) is 0 Å². The van der Waals surface area contributed by atoms with E-state index >= 15 is 0 Å². The Morgan fingerprint density at radius 1 is 0.828 bits per heavy atom. The molecule has 0 aromatic rings. The van der Waals surface area contributed by atoms with E-state index in [0.717, 1.165) is 57.3 Å². The predicted molar refractivity (Wildman–Crippen MR) is 101 cm³/mol. The fourth-order valence-corrected chi connectivity index (χ4v) is 7.25. The first-order valence-electron chi connectivity index (χ1n) is 11.3. The maximum absolute atomic E-state index is 12.7. The highest BCUT2D eigenvalue weighted by Gasteiger charge is 2.52. The number of carboxylic acids is 1. The topological polar surface area (TPSA) is 101 Å². The lowest BCUT2D eigenvalue weighted by atomic mass is 9.53. The number of hydrogen-bond acceptors (Lipinski definition) is 6. The van der Waals surface area contributed by atoms with Crippen LogP contribution in [0.1, 0.15) is 70.6 Å². The molecule has 0 bridgehead atoms. The lowest BCUT2D eigenvalue weighted by Gasteiger charge is -2.52. The second kappa shape index (κ2) is 8.57. The normalized spacial score (nSPS) is 38.5. The standard InChI is InChI=1S/C23H32O6/c24-14-2-4-15-13(11-14)1-3-17-16(15)5-6-19-18(17)7-8-20(19)21(25)12-29-23(28)10-9-22(26)27/h13,15-20H,1-12H2,(H,26,27)/p-1. The highest BCUT2D eigenvalue weighted by Crippen LogP contribution is 2.58. The van der Waals surface area contributed by atoms with Crippen LogP contribution in [0.15, 0.2) is 0 Å². The number of carbonyl (C=O) groups excluding carboxylic acids is 4. The summed E-state index contributed by atoms with van der Waals surface area (Å²) >= 11 is 0. The van der Waals surface area contributed by atoms with Crippen LogP contribution < -0.4 is 5.11 Å². The summed E-state index contributed by atoms with van der Waals surface area (Å²) in [7, 11) is 0. The van der Waals surface area contributed by atoms with E-state index < -0.39 is 11.9 Å². The number of hydrogen-bond donors (Lipinski definition) is 0. The van der Waals surface area contributed by atoms with Crippen LogP contribution in [0.3, 0.4) is 0 Å². The molecule has 4 fully saturated rings. The third-order valence-corrected chi connectivity index (χ3v) is 8.41. The largest absolute Gasteiger partial charge is 0.550 e. The van der Waals surface area contributed by atoms with Crippen LogP contribution in [-0.4, -0.2) is 30.1 Å². The fraction of sp³-hybridized carbons (Fsp3) is 0.826. The molecule has 4 saturated carbocycles. The summed E-state index contributed by atoms with van der Waals surface area (Å²) in [4.78, 5) is 46.6. The number of aliphatic carboxylic acids is 1. The molecule has 4 rings (SSSR count). The Balaban J connectivity index is 1.32. The third kappa shape index (κ3) is 4.26. The van der Waals surface area contributed by atoms with Gasteiger partial charge >= 0.3 is 5.97 Å². The van der Waals surface area contributed by atoms with Gasteiger partial charge in [-0.3, -0.25) is 14.4 Å². The Kier molecular flexibility index (Phi) is 6.07. The van der Waals surface area contributed by atoms with E-state index in [4.69, 9.17) is 4.74 Å². The Hall–Kier alpha value is -1.72. The second-order valence-electron chi connectivity index (χ2n) is 9.70. The SMILES string of the molecule is O=C([O-])CCC(=O)OCC(=O)C1CCC2C1CCC1C3CCC(=O)CC3CCC12. The number of carbonyl (C=O) groups is 4. The molecule has 29 heavy (non-hydrogen) atoms. The Morgan fingerprint density at radius 2 is 1.48 bits per heavy atom. The average Bonchev–Trinajstić information content (AvgIpc) is 3.14. The number of rotatable bonds is 6. The van der Waals surface area contributed by atoms with Crippen LogP contribution in [0, 0.1) is 41.4 Å². The minimum absolute atomic E-state index is 0.00491. The molecule has 0 aromatic heterocycles. The van der Waals surface area contributed by atoms with Crippen LogP contribution in [0.4, 0.5) is 0 Å². The molecule has 0 heterocycles. The highest BCUT2D eigenvalue weighted by molar-refractivity contribution is 5.85. The van der Waals surface area contributed by atoms with E-state index in [9.17, 15) is 24.3 Å². The number of ether oxygens (including phenoxy) is 1. The molecule has 0 saturated heterocycles. The quantitative estimate of drug-likeness (QED) is 0.630. The number of fused-ring (bicyclic) bond motifs is 5. The van der Waals surface area contributed by atoms with Crippen molar-refractivity contribution < 1.29 is 29.0 Å². The van der Waals surface area contributed by atoms with Crippen molar-refractivity contribution >= 4 is 23.5 Å². The van der Waals surface area contributed by atoms with E-state index in [1.54, 1.807) is 0 Å². The van der Waals surface area contributed by atoms with Gasteiger partial charge in [0.1, 0.15) is 12.4 Å². The zero-order chi connectivity index (χ0) is 20.5. The summed E-state index contributed by atoms with van der Waals surface area (Å²) in [5.74, 6) is 2.16. The van der Waals surface area contributed by atoms with Gasteiger partial charge in [-0.15, -0.1) is 0 Å². The summed E-state index contributed by atoms with van der Waals surface area (Å²) in [5, 5.41) is 10.4. The first-order chi connectivity index (χ1) is 13.9. The summed E-state index contributed by atoms with van der Waals surface area (Å²) in [6.45, 7) is -0.235. The summed E-state index contributed by atoms with van der Waals surface area (Å²) in [6, 6.07) is 0. The van der Waals surface area contributed by atoms with Crippen LogP contribution in [-0.2, 0) is 23.9 Å². The molecule has 7 atom stereocenters. The molecule has 7 unspecified atom stereocenters. The highest BCUT2D eigenvalue weighted by atomic mass is 16.5. The smallest absolute Gasteiger partial charge is 0.306 e. The van der Waals surface area contributed by atoms with Crippen molar-refractivity contribution in [3.05, 3.63) is 0 Å². The zero-order valence-corrected chi connectivity index (χ0v) is 17.0. The van der Waals surface area contributed by atoms with E-state index in [0.29, 0.717) is 35.4 Å². The van der Waals surface area contributed by atoms with E-state index in [1.807, 2.05) is 0 Å². The maximum atomic E-state index is 12.7. The van der Waals surface area contributed by atoms with Crippen molar-refractivity contribution in [3.63, 3.8) is 0 Å². The monoisotopic (exact) mass is 403 g/mol. The molecule has 0 N–H and O–H groups in total. The maximum Gasteiger partial charge on any atom is 0.306 e. The molecule has 0 aromatic carbocycles. The number of Topliss-reactive ketones (excluding diaryl/α,β-unsaturated/α-hetero) is 2. The van der Waals surface area contributed by atoms with Crippen molar-refractivity contribution in [2.75, 3.05) is 6.61 Å². The number of esters is 1. The van der Waals surface area contributed by atoms with E-state index in [-0.39, 0.29) is 31.1 Å². The summed E-state index contributed by atoms with van der Waals surface area (Å²) in [5.41, 5.74) is 0. The van der Waals surface area contributed by atoms with Crippen molar-refractivity contribution in [2.24, 2.45) is 41.4 Å². The van der Waals surface area contributed by atoms with Crippen LogP contribution in [0.25, 0.3) is 0 Å². The molecule has 6 nitrogen and oxygen atoms in total.